The van der Waals surface area contributed by atoms with Crippen LogP contribution in [0.15, 0.2) is 72.8 Å². The van der Waals surface area contributed by atoms with E-state index in [9.17, 15) is 4.79 Å². The summed E-state index contributed by atoms with van der Waals surface area (Å²) >= 11 is 1.43. The molecule has 0 unspecified atom stereocenters. The molecule has 6 heteroatoms. The minimum absolute atomic E-state index is 0.268. The molecule has 0 aliphatic carbocycles. The predicted molar refractivity (Wildman–Crippen MR) is 105 cm³/mol. The highest BCUT2D eigenvalue weighted by molar-refractivity contribution is 7.22. The second-order valence-corrected chi connectivity index (χ2v) is 6.64. The van der Waals surface area contributed by atoms with Crippen LogP contribution in [0.4, 0.5) is 10.8 Å². The van der Waals surface area contributed by atoms with Gasteiger partial charge in [-0.05, 0) is 48.5 Å². The lowest BCUT2D eigenvalue weighted by atomic mass is 10.2. The van der Waals surface area contributed by atoms with E-state index in [1.807, 2.05) is 30.3 Å². The quantitative estimate of drug-likeness (QED) is 0.506. The Labute approximate surface area is 154 Å². The number of thiazole rings is 1. The van der Waals surface area contributed by atoms with Crippen LogP contribution in [0.2, 0.25) is 0 Å². The molecule has 0 bridgehead atoms. The molecule has 0 aliphatic rings. The maximum atomic E-state index is 12.7. The summed E-state index contributed by atoms with van der Waals surface area (Å²) in [4.78, 5) is 17.1. The third-order valence-electron chi connectivity index (χ3n) is 3.75. The molecule has 0 saturated carbocycles. The lowest BCUT2D eigenvalue weighted by molar-refractivity contribution is 0.102. The Morgan fingerprint density at radius 2 is 1.69 bits per heavy atom. The van der Waals surface area contributed by atoms with Gasteiger partial charge in [0.05, 0.1) is 15.8 Å². The minimum atomic E-state index is -0.268. The summed E-state index contributed by atoms with van der Waals surface area (Å²) in [6.45, 7) is 0. The number of amides is 1. The first kappa shape index (κ1) is 16.1. The number of nitrogens with one attached hydrogen (secondary N) is 1. The lowest BCUT2D eigenvalue weighted by Crippen LogP contribution is -2.12. The van der Waals surface area contributed by atoms with Gasteiger partial charge in [0.1, 0.15) is 11.5 Å². The zero-order valence-corrected chi connectivity index (χ0v) is 14.5. The maximum Gasteiger partial charge on any atom is 0.261 e. The molecule has 3 N–H and O–H groups in total. The summed E-state index contributed by atoms with van der Waals surface area (Å²) in [5, 5.41) is 3.41. The summed E-state index contributed by atoms with van der Waals surface area (Å²) in [5.41, 5.74) is 7.64. The normalized spacial score (nSPS) is 10.6. The third kappa shape index (κ3) is 3.36. The summed E-state index contributed by atoms with van der Waals surface area (Å²) in [5.74, 6) is 0.811. The number of anilines is 2. The van der Waals surface area contributed by atoms with Gasteiger partial charge in [-0.3, -0.25) is 10.1 Å². The van der Waals surface area contributed by atoms with Gasteiger partial charge in [0.2, 0.25) is 0 Å². The van der Waals surface area contributed by atoms with E-state index in [1.54, 1.807) is 42.5 Å². The van der Waals surface area contributed by atoms with Crippen molar-refractivity contribution in [2.24, 2.45) is 0 Å². The molecule has 26 heavy (non-hydrogen) atoms. The van der Waals surface area contributed by atoms with E-state index in [0.29, 0.717) is 27.9 Å². The van der Waals surface area contributed by atoms with E-state index in [1.165, 1.54) is 11.3 Å². The fraction of sp³-hybridized carbons (Fsp3) is 0. The molecule has 0 spiro atoms. The van der Waals surface area contributed by atoms with Crippen LogP contribution >= 0.6 is 11.3 Å². The summed E-state index contributed by atoms with van der Waals surface area (Å²) in [6.07, 6.45) is 0. The van der Waals surface area contributed by atoms with Gasteiger partial charge in [-0.25, -0.2) is 4.98 Å². The number of carbonyl (C=O) groups excluding carboxylic acids is 1. The molecule has 3 aromatic carbocycles. The number of rotatable bonds is 4. The Bertz CT molecular complexity index is 1040. The Balaban J connectivity index is 1.58. The molecule has 128 valence electrons. The van der Waals surface area contributed by atoms with Crippen LogP contribution < -0.4 is 15.8 Å². The van der Waals surface area contributed by atoms with Crippen molar-refractivity contribution in [2.75, 3.05) is 11.1 Å². The molecule has 1 heterocycles. The van der Waals surface area contributed by atoms with Gasteiger partial charge < -0.3 is 10.5 Å². The second-order valence-electron chi connectivity index (χ2n) is 5.61. The van der Waals surface area contributed by atoms with Crippen molar-refractivity contribution in [3.63, 3.8) is 0 Å². The van der Waals surface area contributed by atoms with Crippen LogP contribution in [-0.4, -0.2) is 10.9 Å². The van der Waals surface area contributed by atoms with Crippen LogP contribution in [0.25, 0.3) is 10.2 Å². The number of hydrogen-bond donors (Lipinski definition) is 2. The SMILES string of the molecule is Nc1ccc(Oc2ccccc2C(=O)Nc2nc3ccccc3s2)cc1. The van der Waals surface area contributed by atoms with E-state index < -0.39 is 0 Å². The summed E-state index contributed by atoms with van der Waals surface area (Å²) in [6, 6.07) is 21.9. The molecule has 5 nitrogen and oxygen atoms in total. The fourth-order valence-corrected chi connectivity index (χ4v) is 3.36. The fourth-order valence-electron chi connectivity index (χ4n) is 2.50. The van der Waals surface area contributed by atoms with Crippen molar-refractivity contribution < 1.29 is 9.53 Å². The molecular formula is C20H15N3O2S. The van der Waals surface area contributed by atoms with Crippen molar-refractivity contribution >= 4 is 38.3 Å². The van der Waals surface area contributed by atoms with E-state index in [0.717, 1.165) is 10.2 Å². The molecule has 4 rings (SSSR count). The van der Waals surface area contributed by atoms with E-state index in [-0.39, 0.29) is 5.91 Å². The largest absolute Gasteiger partial charge is 0.457 e. The Kier molecular flexibility index (Phi) is 4.25. The van der Waals surface area contributed by atoms with E-state index >= 15 is 0 Å². The Morgan fingerprint density at radius 1 is 0.962 bits per heavy atom. The average molecular weight is 361 g/mol. The summed E-state index contributed by atoms with van der Waals surface area (Å²) in [7, 11) is 0. The van der Waals surface area contributed by atoms with Gasteiger partial charge in [0.15, 0.2) is 5.13 Å². The van der Waals surface area contributed by atoms with Gasteiger partial charge in [-0.1, -0.05) is 35.6 Å². The number of nitrogen functional groups attached to an aromatic ring is 1. The number of ether oxygens (including phenoxy) is 1. The lowest BCUT2D eigenvalue weighted by Gasteiger charge is -2.10. The van der Waals surface area contributed by atoms with Crippen LogP contribution in [0.1, 0.15) is 10.4 Å². The first-order valence-corrected chi connectivity index (χ1v) is 8.80. The predicted octanol–water partition coefficient (Wildman–Crippen LogP) is 4.92. The molecule has 1 amide bonds. The maximum absolute atomic E-state index is 12.7. The second kappa shape index (κ2) is 6.85. The molecule has 0 aliphatic heterocycles. The molecule has 0 atom stereocenters. The zero-order valence-electron chi connectivity index (χ0n) is 13.7. The van der Waals surface area contributed by atoms with Crippen molar-refractivity contribution in [1.82, 2.24) is 4.98 Å². The van der Waals surface area contributed by atoms with Gasteiger partial charge in [0.25, 0.3) is 5.91 Å². The van der Waals surface area contributed by atoms with Gasteiger partial charge >= 0.3 is 0 Å². The van der Waals surface area contributed by atoms with Crippen LogP contribution in [0, 0.1) is 0 Å². The third-order valence-corrected chi connectivity index (χ3v) is 4.71. The number of nitrogens with zero attached hydrogens (tertiary/aromatic N) is 1. The number of carbonyl (C=O) groups is 1. The van der Waals surface area contributed by atoms with E-state index in [2.05, 4.69) is 10.3 Å². The number of fused-ring (bicyclic) bond motifs is 1. The first-order chi connectivity index (χ1) is 12.7. The smallest absolute Gasteiger partial charge is 0.261 e. The highest BCUT2D eigenvalue weighted by Gasteiger charge is 2.15. The molecule has 4 aromatic rings. The molecule has 0 fully saturated rings. The average Bonchev–Trinajstić information content (AvgIpc) is 3.06. The standard InChI is InChI=1S/C20H15N3O2S/c21-13-9-11-14(12-10-13)25-17-7-3-1-5-15(17)19(24)23-20-22-16-6-2-4-8-18(16)26-20/h1-12H,21H2,(H,22,23,24). The monoisotopic (exact) mass is 361 g/mol. The number of hydrogen-bond acceptors (Lipinski definition) is 5. The van der Waals surface area contributed by atoms with Gasteiger partial charge in [-0.15, -0.1) is 0 Å². The molecule has 1 aromatic heterocycles. The van der Waals surface area contributed by atoms with Crippen LogP contribution in [0.3, 0.4) is 0 Å². The van der Waals surface area contributed by atoms with Crippen LogP contribution in [0.5, 0.6) is 11.5 Å². The van der Waals surface area contributed by atoms with Crippen LogP contribution in [-0.2, 0) is 0 Å². The highest BCUT2D eigenvalue weighted by atomic mass is 32.1. The number of para-hydroxylation sites is 2. The number of aromatic nitrogens is 1. The number of benzene rings is 3. The van der Waals surface area contributed by atoms with Gasteiger partial charge in [-0.2, -0.15) is 0 Å². The topological polar surface area (TPSA) is 77.2 Å². The number of nitrogens with two attached hydrogens (primary N) is 1. The van der Waals surface area contributed by atoms with Crippen molar-refractivity contribution in [1.29, 1.82) is 0 Å². The summed E-state index contributed by atoms with van der Waals surface area (Å²) < 4.78 is 6.87. The Hall–Kier alpha value is -3.38. The van der Waals surface area contributed by atoms with Crippen molar-refractivity contribution in [3.05, 3.63) is 78.4 Å². The zero-order chi connectivity index (χ0) is 17.9. The molecule has 0 radical (unpaired) electrons. The van der Waals surface area contributed by atoms with Gasteiger partial charge in [0, 0.05) is 5.69 Å². The molecular weight excluding hydrogens is 346 g/mol. The highest BCUT2D eigenvalue weighted by Crippen LogP contribution is 2.29. The van der Waals surface area contributed by atoms with Crippen molar-refractivity contribution in [3.8, 4) is 11.5 Å². The molecule has 0 saturated heterocycles. The van der Waals surface area contributed by atoms with Crippen molar-refractivity contribution in [2.45, 2.75) is 0 Å². The first-order valence-electron chi connectivity index (χ1n) is 7.98. The minimum Gasteiger partial charge on any atom is -0.457 e. The van der Waals surface area contributed by atoms with E-state index in [4.69, 9.17) is 10.5 Å². The Morgan fingerprint density at radius 3 is 2.50 bits per heavy atom.